The van der Waals surface area contributed by atoms with Crippen molar-refractivity contribution < 1.29 is 14.3 Å². The maximum absolute atomic E-state index is 12.6. The average molecular weight is 542 g/mol. The van der Waals surface area contributed by atoms with Gasteiger partial charge in [-0.2, -0.15) is 0 Å². The van der Waals surface area contributed by atoms with Crippen LogP contribution in [0.15, 0.2) is 66.5 Å². The highest BCUT2D eigenvalue weighted by Gasteiger charge is 2.17. The summed E-state index contributed by atoms with van der Waals surface area (Å²) in [6.45, 7) is 4.32. The van der Waals surface area contributed by atoms with Crippen LogP contribution in [0.5, 0.6) is 11.5 Å². The van der Waals surface area contributed by atoms with Crippen LogP contribution >= 0.6 is 34.7 Å². The fraction of sp³-hybridized carbons (Fsp3) is 0.200. The number of amides is 1. The molecule has 0 aliphatic heterocycles. The van der Waals surface area contributed by atoms with Crippen LogP contribution in [0.4, 0.5) is 5.13 Å². The van der Waals surface area contributed by atoms with Crippen LogP contribution in [0.25, 0.3) is 11.4 Å². The van der Waals surface area contributed by atoms with Crippen LogP contribution in [-0.2, 0) is 17.8 Å². The molecule has 0 fully saturated rings. The van der Waals surface area contributed by atoms with Gasteiger partial charge in [0, 0.05) is 34.6 Å². The molecule has 0 aliphatic carbocycles. The molecule has 0 saturated carbocycles. The summed E-state index contributed by atoms with van der Waals surface area (Å²) < 4.78 is 12.6. The standard InChI is InChI=1S/C25H24ClN5O3S2/c1-4-10-31-23(17-8-9-20(33-2)21(13-17)34-3)29-30-25(31)35-15-22(32)28-24-27-14-19(36-24)12-16-6-5-7-18(26)11-16/h4-9,11,13-14H,1,10,12,15H2,2-3H3,(H,27,28,32). The lowest BCUT2D eigenvalue weighted by molar-refractivity contribution is -0.113. The first kappa shape index (κ1) is 25.7. The highest BCUT2D eigenvalue weighted by Crippen LogP contribution is 2.33. The van der Waals surface area contributed by atoms with Crippen molar-refractivity contribution in [3.8, 4) is 22.9 Å². The van der Waals surface area contributed by atoms with Crippen molar-refractivity contribution in [1.29, 1.82) is 0 Å². The quantitative estimate of drug-likeness (QED) is 0.196. The van der Waals surface area contributed by atoms with E-state index in [1.165, 1.54) is 23.1 Å². The third kappa shape index (κ3) is 6.26. The number of hydrogen-bond acceptors (Lipinski definition) is 8. The Morgan fingerprint density at radius 2 is 2.03 bits per heavy atom. The molecule has 0 unspecified atom stereocenters. The van der Waals surface area contributed by atoms with E-state index in [1.54, 1.807) is 26.5 Å². The zero-order valence-corrected chi connectivity index (χ0v) is 22.1. The highest BCUT2D eigenvalue weighted by molar-refractivity contribution is 7.99. The predicted molar refractivity (Wildman–Crippen MR) is 144 cm³/mol. The summed E-state index contributed by atoms with van der Waals surface area (Å²) in [6, 6.07) is 13.2. The van der Waals surface area contributed by atoms with Crippen molar-refractivity contribution in [2.45, 2.75) is 18.1 Å². The van der Waals surface area contributed by atoms with Gasteiger partial charge in [0.2, 0.25) is 5.91 Å². The van der Waals surface area contributed by atoms with Gasteiger partial charge < -0.3 is 14.8 Å². The Labute approximate surface area is 222 Å². The number of thiazole rings is 1. The maximum Gasteiger partial charge on any atom is 0.236 e. The number of methoxy groups -OCH3 is 2. The molecule has 0 spiro atoms. The molecule has 2 aromatic carbocycles. The van der Waals surface area contributed by atoms with Gasteiger partial charge in [-0.15, -0.1) is 28.1 Å². The average Bonchev–Trinajstić information content (AvgIpc) is 3.49. The molecule has 2 aromatic heterocycles. The van der Waals surface area contributed by atoms with Crippen LogP contribution in [0, 0.1) is 0 Å². The Hall–Kier alpha value is -3.34. The van der Waals surface area contributed by atoms with E-state index in [9.17, 15) is 4.79 Å². The molecule has 11 heteroatoms. The summed E-state index contributed by atoms with van der Waals surface area (Å²) >= 11 is 8.80. The summed E-state index contributed by atoms with van der Waals surface area (Å²) in [5.74, 6) is 1.84. The number of carbonyl (C=O) groups is 1. The second-order valence-corrected chi connectivity index (χ2v) is 10.0. The summed E-state index contributed by atoms with van der Waals surface area (Å²) in [7, 11) is 3.17. The van der Waals surface area contributed by atoms with Crippen LogP contribution in [0.1, 0.15) is 10.4 Å². The zero-order valence-electron chi connectivity index (χ0n) is 19.7. The van der Waals surface area contributed by atoms with Crippen molar-refractivity contribution in [2.75, 3.05) is 25.3 Å². The summed E-state index contributed by atoms with van der Waals surface area (Å²) in [6.07, 6.45) is 4.23. The van der Waals surface area contributed by atoms with E-state index in [0.29, 0.717) is 45.6 Å². The van der Waals surface area contributed by atoms with Gasteiger partial charge in [0.25, 0.3) is 0 Å². The fourth-order valence-electron chi connectivity index (χ4n) is 3.46. The molecular weight excluding hydrogens is 518 g/mol. The van der Waals surface area contributed by atoms with Crippen molar-refractivity contribution in [1.82, 2.24) is 19.7 Å². The van der Waals surface area contributed by atoms with E-state index in [1.807, 2.05) is 47.0 Å². The normalized spacial score (nSPS) is 10.8. The highest BCUT2D eigenvalue weighted by atomic mass is 35.5. The number of nitrogens with one attached hydrogen (secondary N) is 1. The van der Waals surface area contributed by atoms with Gasteiger partial charge in [-0.25, -0.2) is 4.98 Å². The molecule has 1 N–H and O–H groups in total. The summed E-state index contributed by atoms with van der Waals surface area (Å²) in [4.78, 5) is 18.0. The van der Waals surface area contributed by atoms with Gasteiger partial charge in [-0.05, 0) is 35.9 Å². The minimum absolute atomic E-state index is 0.157. The fourth-order valence-corrected chi connectivity index (χ4v) is 5.28. The zero-order chi connectivity index (χ0) is 25.5. The van der Waals surface area contributed by atoms with E-state index in [0.717, 1.165) is 16.0 Å². The first-order chi connectivity index (χ1) is 17.5. The van der Waals surface area contributed by atoms with Gasteiger partial charge in [-0.3, -0.25) is 9.36 Å². The number of thioether (sulfide) groups is 1. The number of allylic oxidation sites excluding steroid dienone is 1. The molecule has 186 valence electrons. The summed E-state index contributed by atoms with van der Waals surface area (Å²) in [5.41, 5.74) is 1.90. The number of rotatable bonds is 11. The topological polar surface area (TPSA) is 91.2 Å². The number of benzene rings is 2. The smallest absolute Gasteiger partial charge is 0.236 e. The molecule has 0 bridgehead atoms. The lowest BCUT2D eigenvalue weighted by Crippen LogP contribution is -2.14. The molecule has 2 heterocycles. The second kappa shape index (κ2) is 12.1. The van der Waals surface area contributed by atoms with E-state index in [-0.39, 0.29) is 11.7 Å². The van der Waals surface area contributed by atoms with Gasteiger partial charge >= 0.3 is 0 Å². The molecule has 0 atom stereocenters. The van der Waals surface area contributed by atoms with E-state index >= 15 is 0 Å². The van der Waals surface area contributed by atoms with Gasteiger partial charge in [0.15, 0.2) is 27.6 Å². The Bertz CT molecular complexity index is 1370. The molecule has 0 aliphatic rings. The van der Waals surface area contributed by atoms with Gasteiger partial charge in [0.1, 0.15) is 0 Å². The third-order valence-corrected chi connectivity index (χ3v) is 7.18. The van der Waals surface area contributed by atoms with E-state index < -0.39 is 0 Å². The van der Waals surface area contributed by atoms with E-state index in [4.69, 9.17) is 21.1 Å². The summed E-state index contributed by atoms with van der Waals surface area (Å²) in [5, 5.41) is 13.4. The van der Waals surface area contributed by atoms with Crippen LogP contribution in [0.2, 0.25) is 5.02 Å². The third-order valence-electron chi connectivity index (χ3n) is 5.07. The Kier molecular flexibility index (Phi) is 8.63. The van der Waals surface area contributed by atoms with Gasteiger partial charge in [0.05, 0.1) is 20.0 Å². The van der Waals surface area contributed by atoms with Crippen molar-refractivity contribution in [3.63, 3.8) is 0 Å². The minimum Gasteiger partial charge on any atom is -0.493 e. The second-order valence-electron chi connectivity index (χ2n) is 7.55. The van der Waals surface area contributed by atoms with Crippen LogP contribution < -0.4 is 14.8 Å². The molecule has 4 rings (SSSR count). The van der Waals surface area contributed by atoms with Gasteiger partial charge in [-0.1, -0.05) is 41.6 Å². The largest absolute Gasteiger partial charge is 0.493 e. The van der Waals surface area contributed by atoms with Crippen LogP contribution in [0.3, 0.4) is 0 Å². The lowest BCUT2D eigenvalue weighted by atomic mass is 10.1. The number of anilines is 1. The molecule has 8 nitrogen and oxygen atoms in total. The number of nitrogens with zero attached hydrogens (tertiary/aromatic N) is 4. The number of hydrogen-bond donors (Lipinski definition) is 1. The lowest BCUT2D eigenvalue weighted by Gasteiger charge is -2.11. The Morgan fingerprint density at radius 1 is 1.19 bits per heavy atom. The molecular formula is C25H24ClN5O3S2. The minimum atomic E-state index is -0.176. The molecule has 1 amide bonds. The number of ether oxygens (including phenoxy) is 2. The Balaban J connectivity index is 1.41. The first-order valence-electron chi connectivity index (χ1n) is 10.9. The first-order valence-corrected chi connectivity index (χ1v) is 13.1. The molecule has 4 aromatic rings. The SMILES string of the molecule is C=CCn1c(SCC(=O)Nc2ncc(Cc3cccc(Cl)c3)s2)nnc1-c1ccc(OC)c(OC)c1. The number of carbonyl (C=O) groups excluding carboxylic acids is 1. The number of aromatic nitrogens is 4. The molecule has 0 radical (unpaired) electrons. The maximum atomic E-state index is 12.6. The predicted octanol–water partition coefficient (Wildman–Crippen LogP) is 5.58. The number of halogens is 1. The van der Waals surface area contributed by atoms with Crippen molar-refractivity contribution in [3.05, 3.63) is 76.8 Å². The monoisotopic (exact) mass is 541 g/mol. The Morgan fingerprint density at radius 3 is 2.78 bits per heavy atom. The van der Waals surface area contributed by atoms with Crippen molar-refractivity contribution in [2.24, 2.45) is 0 Å². The van der Waals surface area contributed by atoms with E-state index in [2.05, 4.69) is 27.1 Å². The molecule has 0 saturated heterocycles. The molecule has 36 heavy (non-hydrogen) atoms. The van der Waals surface area contributed by atoms with Crippen molar-refractivity contribution >= 4 is 45.7 Å². The van der Waals surface area contributed by atoms with Crippen LogP contribution in [-0.4, -0.2) is 45.6 Å².